The van der Waals surface area contributed by atoms with E-state index in [0.29, 0.717) is 5.92 Å². The number of aliphatic hydroxyl groups is 1. The van der Waals surface area contributed by atoms with Gasteiger partial charge in [-0.15, -0.1) is 0 Å². The summed E-state index contributed by atoms with van der Waals surface area (Å²) in [5.74, 6) is 1.43. The van der Waals surface area contributed by atoms with E-state index in [1.165, 1.54) is 11.3 Å². The number of fused-ring (bicyclic) bond motifs is 1. The summed E-state index contributed by atoms with van der Waals surface area (Å²) in [6, 6.07) is 10.4. The van der Waals surface area contributed by atoms with Gasteiger partial charge in [0, 0.05) is 28.5 Å². The number of halogens is 1. The van der Waals surface area contributed by atoms with Crippen LogP contribution < -0.4 is 4.90 Å². The Kier molecular flexibility index (Phi) is 3.76. The lowest BCUT2D eigenvalue weighted by Crippen LogP contribution is -2.31. The average Bonchev–Trinajstić information content (AvgIpc) is 2.46. The van der Waals surface area contributed by atoms with Gasteiger partial charge < -0.3 is 10.0 Å². The lowest BCUT2D eigenvalue weighted by atomic mass is 9.93. The van der Waals surface area contributed by atoms with Crippen LogP contribution in [-0.4, -0.2) is 16.6 Å². The van der Waals surface area contributed by atoms with Crippen molar-refractivity contribution in [3.63, 3.8) is 0 Å². The molecule has 3 nitrogen and oxygen atoms in total. The van der Waals surface area contributed by atoms with E-state index < -0.39 is 0 Å². The molecule has 1 N–H and O–H groups in total. The summed E-state index contributed by atoms with van der Waals surface area (Å²) >= 11 is 3.41. The van der Waals surface area contributed by atoms with E-state index in [2.05, 4.69) is 57.0 Å². The first-order chi connectivity index (χ1) is 9.69. The molecule has 0 fully saturated rings. The van der Waals surface area contributed by atoms with Crippen LogP contribution in [0.1, 0.15) is 18.1 Å². The van der Waals surface area contributed by atoms with Gasteiger partial charge in [0.1, 0.15) is 5.82 Å². The molecule has 1 aliphatic heterocycles. The maximum absolute atomic E-state index is 9.60. The van der Waals surface area contributed by atoms with E-state index in [4.69, 9.17) is 0 Å². The standard InChI is InChI=1S/C16H17BrN2O/c1-11-6-12-4-2-3-5-15(12)19(9-11)16-13(10-20)7-14(17)8-18-16/h2-5,7-8,11,20H,6,9-10H2,1H3. The van der Waals surface area contributed by atoms with Crippen molar-refractivity contribution in [1.29, 1.82) is 0 Å². The van der Waals surface area contributed by atoms with Crippen molar-refractivity contribution in [2.75, 3.05) is 11.4 Å². The summed E-state index contributed by atoms with van der Waals surface area (Å²) in [6.07, 6.45) is 2.88. The average molecular weight is 333 g/mol. The van der Waals surface area contributed by atoms with Crippen molar-refractivity contribution in [1.82, 2.24) is 4.98 Å². The summed E-state index contributed by atoms with van der Waals surface area (Å²) in [6.45, 7) is 3.17. The second kappa shape index (κ2) is 5.54. The van der Waals surface area contributed by atoms with Gasteiger partial charge in [0.2, 0.25) is 0 Å². The molecule has 0 amide bonds. The fourth-order valence-corrected chi connectivity index (χ4v) is 3.21. The third-order valence-corrected chi connectivity index (χ3v) is 4.11. The summed E-state index contributed by atoms with van der Waals surface area (Å²) in [7, 11) is 0. The molecule has 1 aliphatic rings. The molecule has 4 heteroatoms. The highest BCUT2D eigenvalue weighted by molar-refractivity contribution is 9.10. The molecular weight excluding hydrogens is 316 g/mol. The molecule has 0 saturated heterocycles. The molecule has 1 aromatic heterocycles. The van der Waals surface area contributed by atoms with E-state index in [0.717, 1.165) is 28.8 Å². The Morgan fingerprint density at radius 1 is 1.40 bits per heavy atom. The van der Waals surface area contributed by atoms with Crippen LogP contribution in [-0.2, 0) is 13.0 Å². The van der Waals surface area contributed by atoms with Crippen molar-refractivity contribution in [3.05, 3.63) is 52.1 Å². The van der Waals surface area contributed by atoms with E-state index >= 15 is 0 Å². The molecule has 1 atom stereocenters. The normalized spacial score (nSPS) is 17.9. The van der Waals surface area contributed by atoms with Crippen LogP contribution in [0.5, 0.6) is 0 Å². The fraction of sp³-hybridized carbons (Fsp3) is 0.312. The Balaban J connectivity index is 2.10. The van der Waals surface area contributed by atoms with Gasteiger partial charge in [0.05, 0.1) is 6.61 Å². The molecule has 0 radical (unpaired) electrons. The lowest BCUT2D eigenvalue weighted by Gasteiger charge is -2.35. The van der Waals surface area contributed by atoms with Gasteiger partial charge in [-0.3, -0.25) is 0 Å². The van der Waals surface area contributed by atoms with Crippen molar-refractivity contribution in [2.45, 2.75) is 20.0 Å². The first-order valence-corrected chi connectivity index (χ1v) is 7.59. The van der Waals surface area contributed by atoms with Gasteiger partial charge >= 0.3 is 0 Å². The zero-order valence-electron chi connectivity index (χ0n) is 11.4. The molecule has 0 bridgehead atoms. The minimum absolute atomic E-state index is 0.00514. The van der Waals surface area contributed by atoms with Crippen molar-refractivity contribution >= 4 is 27.4 Å². The van der Waals surface area contributed by atoms with Gasteiger partial charge in [-0.25, -0.2) is 4.98 Å². The first-order valence-electron chi connectivity index (χ1n) is 6.79. The Morgan fingerprint density at radius 2 is 2.20 bits per heavy atom. The molecule has 1 unspecified atom stereocenters. The maximum Gasteiger partial charge on any atom is 0.138 e. The monoisotopic (exact) mass is 332 g/mol. The molecule has 2 aromatic rings. The minimum atomic E-state index is -0.00514. The number of pyridine rings is 1. The third kappa shape index (κ3) is 2.45. The number of benzene rings is 1. The second-order valence-corrected chi connectivity index (χ2v) is 6.26. The molecule has 0 saturated carbocycles. The summed E-state index contributed by atoms with van der Waals surface area (Å²) in [4.78, 5) is 6.75. The largest absolute Gasteiger partial charge is 0.392 e. The number of aliphatic hydroxyl groups excluding tert-OH is 1. The van der Waals surface area contributed by atoms with Gasteiger partial charge in [-0.1, -0.05) is 25.1 Å². The predicted molar refractivity (Wildman–Crippen MR) is 84.2 cm³/mol. The minimum Gasteiger partial charge on any atom is -0.392 e. The molecular formula is C16H17BrN2O. The number of rotatable bonds is 2. The van der Waals surface area contributed by atoms with Crippen LogP contribution in [0.4, 0.5) is 11.5 Å². The quantitative estimate of drug-likeness (QED) is 0.911. The highest BCUT2D eigenvalue weighted by Crippen LogP contribution is 2.36. The van der Waals surface area contributed by atoms with Gasteiger partial charge in [0.25, 0.3) is 0 Å². The van der Waals surface area contributed by atoms with Crippen molar-refractivity contribution in [2.24, 2.45) is 5.92 Å². The zero-order chi connectivity index (χ0) is 14.1. The summed E-state index contributed by atoms with van der Waals surface area (Å²) in [5.41, 5.74) is 3.40. The van der Waals surface area contributed by atoms with Gasteiger partial charge in [-0.2, -0.15) is 0 Å². The lowest BCUT2D eigenvalue weighted by molar-refractivity contribution is 0.281. The predicted octanol–water partition coefficient (Wildman–Crippen LogP) is 3.67. The summed E-state index contributed by atoms with van der Waals surface area (Å²) < 4.78 is 0.892. The van der Waals surface area contributed by atoms with Gasteiger partial charge in [-0.05, 0) is 46.0 Å². The molecule has 104 valence electrons. The van der Waals surface area contributed by atoms with Crippen molar-refractivity contribution < 1.29 is 5.11 Å². The second-order valence-electron chi connectivity index (χ2n) is 5.34. The topological polar surface area (TPSA) is 36.4 Å². The molecule has 20 heavy (non-hydrogen) atoms. The number of aromatic nitrogens is 1. The molecule has 0 spiro atoms. The van der Waals surface area contributed by atoms with Gasteiger partial charge in [0.15, 0.2) is 0 Å². The van der Waals surface area contributed by atoms with Crippen LogP contribution in [0.15, 0.2) is 41.0 Å². The number of anilines is 2. The highest BCUT2D eigenvalue weighted by Gasteiger charge is 2.24. The zero-order valence-corrected chi connectivity index (χ0v) is 13.0. The van der Waals surface area contributed by atoms with Crippen LogP contribution in [0.2, 0.25) is 0 Å². The molecule has 1 aromatic carbocycles. The van der Waals surface area contributed by atoms with Crippen LogP contribution in [0, 0.1) is 5.92 Å². The SMILES string of the molecule is CC1Cc2ccccc2N(c2ncc(Br)cc2CO)C1. The Morgan fingerprint density at radius 3 is 3.00 bits per heavy atom. The number of nitrogens with zero attached hydrogens (tertiary/aromatic N) is 2. The van der Waals surface area contributed by atoms with E-state index in [1.807, 2.05) is 6.07 Å². The third-order valence-electron chi connectivity index (χ3n) is 3.68. The smallest absolute Gasteiger partial charge is 0.138 e. The van der Waals surface area contributed by atoms with Crippen LogP contribution in [0.25, 0.3) is 0 Å². The van der Waals surface area contributed by atoms with E-state index in [1.54, 1.807) is 6.20 Å². The number of hydrogen-bond acceptors (Lipinski definition) is 3. The Labute approximate surface area is 127 Å². The Hall–Kier alpha value is -1.39. The van der Waals surface area contributed by atoms with Crippen LogP contribution >= 0.6 is 15.9 Å². The molecule has 0 aliphatic carbocycles. The van der Waals surface area contributed by atoms with E-state index in [9.17, 15) is 5.11 Å². The Bertz CT molecular complexity index is 630. The van der Waals surface area contributed by atoms with E-state index in [-0.39, 0.29) is 6.61 Å². The van der Waals surface area contributed by atoms with Crippen LogP contribution in [0.3, 0.4) is 0 Å². The van der Waals surface area contributed by atoms with Crippen molar-refractivity contribution in [3.8, 4) is 0 Å². The first kappa shape index (κ1) is 13.6. The number of para-hydroxylation sites is 1. The highest BCUT2D eigenvalue weighted by atomic mass is 79.9. The summed E-state index contributed by atoms with van der Waals surface area (Å²) in [5, 5.41) is 9.60. The molecule has 3 rings (SSSR count). The molecule has 2 heterocycles. The fourth-order valence-electron chi connectivity index (χ4n) is 2.83. The maximum atomic E-state index is 9.60. The number of hydrogen-bond donors (Lipinski definition) is 1.